The van der Waals surface area contributed by atoms with Crippen LogP contribution in [0.15, 0.2) is 24.7 Å². The highest BCUT2D eigenvalue weighted by Gasteiger charge is 2.41. The van der Waals surface area contributed by atoms with Crippen LogP contribution in [0.1, 0.15) is 52.7 Å². The molecule has 0 aromatic carbocycles. The van der Waals surface area contributed by atoms with Crippen molar-refractivity contribution in [2.24, 2.45) is 18.9 Å². The Hall–Kier alpha value is -4.94. The van der Waals surface area contributed by atoms with Crippen LogP contribution in [0.2, 0.25) is 0 Å². The van der Waals surface area contributed by atoms with E-state index >= 15 is 0 Å². The summed E-state index contributed by atoms with van der Waals surface area (Å²) in [5, 5.41) is 62.6. The minimum Gasteiger partial charge on any atom is -0.481 e. The number of carboxylic acid groups (broad SMARTS) is 5. The summed E-state index contributed by atoms with van der Waals surface area (Å²) in [6, 6.07) is 0. The number of aliphatic hydroxyl groups excluding tert-OH is 1. The van der Waals surface area contributed by atoms with Gasteiger partial charge in [0.2, 0.25) is 5.82 Å². The predicted octanol–water partition coefficient (Wildman–Crippen LogP) is 0.549. The Morgan fingerprint density at radius 1 is 1.02 bits per heavy atom. The predicted molar refractivity (Wildman–Crippen MR) is 206 cm³/mol. The lowest BCUT2D eigenvalue weighted by Crippen LogP contribution is -2.42. The first-order chi connectivity index (χ1) is 26.6. The van der Waals surface area contributed by atoms with Crippen molar-refractivity contribution in [1.29, 1.82) is 0 Å². The number of carboxylic acids is 5. The van der Waals surface area contributed by atoms with Crippen LogP contribution in [0.5, 0.6) is 5.88 Å². The topological polar surface area (TPSA) is 331 Å². The number of morpholine rings is 1. The maximum absolute atomic E-state index is 11.4. The quantitative estimate of drug-likeness (QED) is 0.0843. The number of anilines is 1. The van der Waals surface area contributed by atoms with E-state index in [4.69, 9.17) is 44.8 Å². The average molecular weight is 869 g/mol. The molecule has 3 atom stereocenters. The van der Waals surface area contributed by atoms with Crippen molar-refractivity contribution in [3.8, 4) is 5.88 Å². The Balaban J connectivity index is 0.000000783. The molecule has 4 heterocycles. The lowest BCUT2D eigenvalue weighted by atomic mass is 9.89. The smallest absolute Gasteiger partial charge is 0.336 e. The number of nitrogens with zero attached hydrogens (tertiary/aromatic N) is 5. The second kappa shape index (κ2) is 26.1. The molecule has 22 nitrogen and oxygen atoms in total. The van der Waals surface area contributed by atoms with Gasteiger partial charge in [-0.15, -0.1) is 16.8 Å². The van der Waals surface area contributed by atoms with Gasteiger partial charge in [-0.2, -0.15) is 4.37 Å². The SMILES string of the molecule is CC(C)(C)NC[C@H](O)COc1nsnc1N1CCOCC1.CC[C@@H]1C(=O)OC[C@@H]1Cc1cncn1C.Cl.O=C(O)/C=C\C(=O)O.O=C(O)CC(O)(CC(=O)O)C(=O)O. The molecule has 0 saturated carbocycles. The van der Waals surface area contributed by atoms with Crippen LogP contribution >= 0.6 is 24.1 Å². The largest absolute Gasteiger partial charge is 0.481 e. The van der Waals surface area contributed by atoms with Crippen LogP contribution < -0.4 is 15.0 Å². The van der Waals surface area contributed by atoms with Gasteiger partial charge in [0.25, 0.3) is 5.88 Å². The van der Waals surface area contributed by atoms with Crippen molar-refractivity contribution in [1.82, 2.24) is 23.6 Å². The molecule has 0 aliphatic carbocycles. The third kappa shape index (κ3) is 21.0. The highest BCUT2D eigenvalue weighted by atomic mass is 35.5. The second-order valence-corrected chi connectivity index (χ2v) is 14.2. The summed E-state index contributed by atoms with van der Waals surface area (Å²) in [5.74, 6) is -5.94. The molecule has 0 unspecified atom stereocenters. The molecular formula is C34H53ClN6O16S. The monoisotopic (exact) mass is 868 g/mol. The maximum atomic E-state index is 11.4. The van der Waals surface area contributed by atoms with E-state index in [1.165, 1.54) is 0 Å². The summed E-state index contributed by atoms with van der Waals surface area (Å²) in [4.78, 5) is 67.1. The number of carbonyl (C=O) groups is 6. The Morgan fingerprint density at radius 2 is 1.59 bits per heavy atom. The number of nitrogens with one attached hydrogen (secondary N) is 1. The summed E-state index contributed by atoms with van der Waals surface area (Å²) in [7, 11) is 1.97. The first-order valence-electron chi connectivity index (χ1n) is 17.4. The fourth-order valence-corrected chi connectivity index (χ4v) is 5.43. The normalized spacial score (nSPS) is 16.8. The van der Waals surface area contributed by atoms with E-state index in [1.807, 2.05) is 24.7 Å². The highest BCUT2D eigenvalue weighted by Crippen LogP contribution is 2.28. The number of aromatic nitrogens is 4. The molecular weight excluding hydrogens is 816 g/mol. The summed E-state index contributed by atoms with van der Waals surface area (Å²) in [5.41, 5.74) is -1.60. The van der Waals surface area contributed by atoms with Crippen molar-refractivity contribution in [2.75, 3.05) is 51.0 Å². The van der Waals surface area contributed by atoms with Gasteiger partial charge in [0.15, 0.2) is 5.60 Å². The molecule has 2 fully saturated rings. The van der Waals surface area contributed by atoms with Gasteiger partial charge in [0, 0.05) is 62.2 Å². The van der Waals surface area contributed by atoms with Crippen LogP contribution in [0.25, 0.3) is 0 Å². The van der Waals surface area contributed by atoms with E-state index in [1.54, 1.807) is 6.33 Å². The number of aryl methyl sites for hydroxylation is 1. The van der Waals surface area contributed by atoms with Crippen molar-refractivity contribution in [2.45, 2.75) is 70.6 Å². The van der Waals surface area contributed by atoms with Crippen molar-refractivity contribution in [3.63, 3.8) is 0 Å². The molecule has 24 heteroatoms. The molecule has 0 bridgehead atoms. The molecule has 2 aromatic rings. The lowest BCUT2D eigenvalue weighted by Gasteiger charge is -2.27. The Labute approximate surface area is 344 Å². The van der Waals surface area contributed by atoms with Gasteiger partial charge >= 0.3 is 35.8 Å². The third-order valence-corrected chi connectivity index (χ3v) is 8.33. The molecule has 2 aliphatic heterocycles. The van der Waals surface area contributed by atoms with Crippen molar-refractivity contribution < 1.29 is 78.7 Å². The minimum absolute atomic E-state index is 0. The van der Waals surface area contributed by atoms with E-state index in [2.05, 4.69) is 44.7 Å². The summed E-state index contributed by atoms with van der Waals surface area (Å²) < 4.78 is 26.5. The molecule has 0 spiro atoms. The molecule has 4 rings (SSSR count). The zero-order chi connectivity index (χ0) is 43.3. The van der Waals surface area contributed by atoms with Gasteiger partial charge in [-0.1, -0.05) is 6.92 Å². The molecule has 2 aromatic heterocycles. The Morgan fingerprint density at radius 3 is 2.03 bits per heavy atom. The Kier molecular flexibility index (Phi) is 23.9. The molecule has 0 amide bonds. The summed E-state index contributed by atoms with van der Waals surface area (Å²) >= 11 is 1.12. The van der Waals surface area contributed by atoms with Crippen LogP contribution in [0.3, 0.4) is 0 Å². The van der Waals surface area contributed by atoms with Gasteiger partial charge in [0.05, 0.1) is 56.6 Å². The molecule has 58 heavy (non-hydrogen) atoms. The summed E-state index contributed by atoms with van der Waals surface area (Å²) in [6.07, 6.45) is 3.63. The fraction of sp³-hybridized carbons (Fsp3) is 0.618. The number of β-amino-alcohol motifs (C(OH)–C–C–N with tert-alkyl or cyclic N) is 1. The number of aliphatic carboxylic acids is 5. The number of imidazole rings is 1. The molecule has 2 saturated heterocycles. The van der Waals surface area contributed by atoms with E-state index < -0.39 is 54.4 Å². The zero-order valence-corrected chi connectivity index (χ0v) is 34.3. The van der Waals surface area contributed by atoms with Crippen molar-refractivity contribution in [3.05, 3.63) is 30.4 Å². The number of hydrogen-bond donors (Lipinski definition) is 8. The van der Waals surface area contributed by atoms with Crippen LogP contribution in [-0.4, -0.2) is 153 Å². The molecule has 2 aliphatic rings. The highest BCUT2D eigenvalue weighted by molar-refractivity contribution is 6.99. The van der Waals surface area contributed by atoms with Gasteiger partial charge in [0.1, 0.15) is 12.7 Å². The number of rotatable bonds is 16. The molecule has 8 N–H and O–H groups in total. The fourth-order valence-electron chi connectivity index (χ4n) is 4.91. The van der Waals surface area contributed by atoms with E-state index in [0.717, 1.165) is 49.2 Å². The number of esters is 1. The first-order valence-corrected chi connectivity index (χ1v) is 18.2. The van der Waals surface area contributed by atoms with Crippen molar-refractivity contribution >= 4 is 65.8 Å². The van der Waals surface area contributed by atoms with Crippen LogP contribution in [-0.2, 0) is 51.7 Å². The van der Waals surface area contributed by atoms with Crippen LogP contribution in [0.4, 0.5) is 5.82 Å². The summed E-state index contributed by atoms with van der Waals surface area (Å²) in [6.45, 7) is 12.4. The zero-order valence-electron chi connectivity index (χ0n) is 32.7. The lowest BCUT2D eigenvalue weighted by molar-refractivity contribution is -0.170. The second-order valence-electron chi connectivity index (χ2n) is 13.7. The number of hydrogen-bond acceptors (Lipinski definition) is 17. The first kappa shape index (κ1) is 53.1. The van der Waals surface area contributed by atoms with Gasteiger partial charge in [-0.3, -0.25) is 14.4 Å². The molecule has 0 radical (unpaired) electrons. The van der Waals surface area contributed by atoms with E-state index in [0.29, 0.717) is 50.3 Å². The number of halogens is 1. The Bertz CT molecular complexity index is 1610. The minimum atomic E-state index is -2.74. The van der Waals surface area contributed by atoms with Gasteiger partial charge in [-0.05, 0) is 33.6 Å². The van der Waals surface area contributed by atoms with Gasteiger partial charge < -0.3 is 64.7 Å². The number of cyclic esters (lactones) is 1. The number of carbonyl (C=O) groups excluding carboxylic acids is 1. The molecule has 328 valence electrons. The number of ether oxygens (including phenoxy) is 3. The maximum Gasteiger partial charge on any atom is 0.336 e. The third-order valence-electron chi connectivity index (χ3n) is 7.83. The van der Waals surface area contributed by atoms with Crippen LogP contribution in [0, 0.1) is 11.8 Å². The number of aliphatic hydroxyl groups is 2. The van der Waals surface area contributed by atoms with E-state index in [-0.39, 0.29) is 36.4 Å². The standard InChI is InChI=1S/C13H24N4O3S.C11H16N2O2.C6H8O7.C4H4O4.ClH/c1-13(2,3)14-8-10(18)9-20-12-11(15-21-16-12)17-4-6-19-7-5-17;1-3-10-8(6-15-11(10)14)4-9-5-12-7-13(9)2;7-3(8)1-6(13,5(11)12)2-4(9)10;5-3(6)1-2-4(7)8;/h10,14,18H,4-9H2,1-3H3;5,7-8,10H,3-4,6H2,1-2H3;13H,1-2H2,(H,7,8)(H,9,10)(H,11,12);1-2H,(H,5,6)(H,7,8);1H/b;;;2-1-;/t10-;8-,10-;;;/m00.../s1. The van der Waals surface area contributed by atoms with Gasteiger partial charge in [-0.25, -0.2) is 19.4 Å². The average Bonchev–Trinajstić information content (AvgIpc) is 3.85. The van der Waals surface area contributed by atoms with E-state index in [9.17, 15) is 33.9 Å².